The van der Waals surface area contributed by atoms with Crippen LogP contribution < -0.4 is 10.5 Å². The molecule has 3 aromatic rings. The molecule has 0 saturated heterocycles. The number of benzene rings is 1. The van der Waals surface area contributed by atoms with Gasteiger partial charge < -0.3 is 10.5 Å². The molecule has 2 heterocycles. The van der Waals surface area contributed by atoms with Gasteiger partial charge in [0.1, 0.15) is 17.4 Å². The Bertz CT molecular complexity index is 704. The summed E-state index contributed by atoms with van der Waals surface area (Å²) in [4.78, 5) is 4.59. The first kappa shape index (κ1) is 13.1. The van der Waals surface area contributed by atoms with Crippen LogP contribution in [0.15, 0.2) is 40.4 Å². The Morgan fingerprint density at radius 2 is 2.15 bits per heavy atom. The normalized spacial score (nSPS) is 10.7. The van der Waals surface area contributed by atoms with E-state index in [0.29, 0.717) is 6.61 Å². The van der Waals surface area contributed by atoms with Crippen LogP contribution in [-0.4, -0.2) is 4.98 Å². The van der Waals surface area contributed by atoms with Crippen molar-refractivity contribution < 1.29 is 4.74 Å². The molecule has 0 spiro atoms. The Morgan fingerprint density at radius 3 is 2.90 bits per heavy atom. The third kappa shape index (κ3) is 2.84. The fourth-order valence-corrected chi connectivity index (χ4v) is 3.39. The number of ether oxygens (including phenoxy) is 1. The van der Waals surface area contributed by atoms with Crippen molar-refractivity contribution in [3.05, 3.63) is 51.7 Å². The number of nitrogens with two attached hydrogens (primary N) is 1. The van der Waals surface area contributed by atoms with Crippen LogP contribution in [0.4, 0.5) is 5.69 Å². The van der Waals surface area contributed by atoms with Gasteiger partial charge in [-0.3, -0.25) is 0 Å². The second-order valence-corrected chi connectivity index (χ2v) is 6.11. The molecule has 0 bridgehead atoms. The van der Waals surface area contributed by atoms with Gasteiger partial charge in [-0.1, -0.05) is 0 Å². The van der Waals surface area contributed by atoms with Gasteiger partial charge in [0.05, 0.1) is 5.69 Å². The Balaban J connectivity index is 1.70. The number of nitrogens with zero attached hydrogens (tertiary/aromatic N) is 1. The van der Waals surface area contributed by atoms with Gasteiger partial charge >= 0.3 is 0 Å². The van der Waals surface area contributed by atoms with Crippen LogP contribution in [0, 0.1) is 6.92 Å². The van der Waals surface area contributed by atoms with E-state index in [4.69, 9.17) is 10.5 Å². The van der Waals surface area contributed by atoms with Crippen molar-refractivity contribution in [3.63, 3.8) is 0 Å². The highest BCUT2D eigenvalue weighted by Crippen LogP contribution is 2.27. The lowest BCUT2D eigenvalue weighted by molar-refractivity contribution is 0.300. The van der Waals surface area contributed by atoms with Crippen molar-refractivity contribution in [2.75, 3.05) is 5.73 Å². The molecule has 0 atom stereocenters. The topological polar surface area (TPSA) is 48.1 Å². The van der Waals surface area contributed by atoms with Crippen LogP contribution in [0.5, 0.6) is 5.75 Å². The smallest absolute Gasteiger partial charge is 0.131 e. The molecule has 0 aliphatic carbocycles. The highest BCUT2D eigenvalue weighted by molar-refractivity contribution is 7.14. The Kier molecular flexibility index (Phi) is 3.71. The van der Waals surface area contributed by atoms with E-state index in [9.17, 15) is 0 Å². The maximum Gasteiger partial charge on any atom is 0.131 e. The lowest BCUT2D eigenvalue weighted by Gasteiger charge is -2.08. The van der Waals surface area contributed by atoms with Crippen LogP contribution in [0.3, 0.4) is 0 Å². The standard InChI is InChI=1S/C15H14N2OS2/c1-10-6-12(16)2-3-14(10)18-7-13-9-20-15(17-13)11-4-5-19-8-11/h2-6,8-9H,7,16H2,1H3. The molecule has 0 radical (unpaired) electrons. The molecule has 5 heteroatoms. The van der Waals surface area contributed by atoms with Crippen LogP contribution in [0.2, 0.25) is 0 Å². The van der Waals surface area contributed by atoms with E-state index in [1.54, 1.807) is 22.7 Å². The zero-order valence-electron chi connectivity index (χ0n) is 11.0. The van der Waals surface area contributed by atoms with E-state index in [1.165, 1.54) is 5.56 Å². The van der Waals surface area contributed by atoms with Gasteiger partial charge in [0.15, 0.2) is 0 Å². The number of anilines is 1. The minimum absolute atomic E-state index is 0.478. The molecule has 2 N–H and O–H groups in total. The molecule has 0 amide bonds. The number of nitrogen functional groups attached to an aromatic ring is 1. The second-order valence-electron chi connectivity index (χ2n) is 4.47. The third-order valence-corrected chi connectivity index (χ3v) is 4.52. The maximum atomic E-state index is 5.80. The quantitative estimate of drug-likeness (QED) is 0.729. The van der Waals surface area contributed by atoms with Gasteiger partial charge in [-0.15, -0.1) is 11.3 Å². The minimum Gasteiger partial charge on any atom is -0.487 e. The number of aromatic nitrogens is 1. The third-order valence-electron chi connectivity index (χ3n) is 2.89. The molecular formula is C15H14N2OS2. The summed E-state index contributed by atoms with van der Waals surface area (Å²) in [6, 6.07) is 7.74. The van der Waals surface area contributed by atoms with Crippen LogP contribution in [0.1, 0.15) is 11.3 Å². The number of thiophene rings is 1. The molecule has 0 aliphatic rings. The summed E-state index contributed by atoms with van der Waals surface area (Å²) >= 11 is 3.33. The molecule has 3 rings (SSSR count). The summed E-state index contributed by atoms with van der Waals surface area (Å²) in [5.74, 6) is 0.851. The van der Waals surface area contributed by atoms with Crippen LogP contribution >= 0.6 is 22.7 Å². The molecular weight excluding hydrogens is 288 g/mol. The van der Waals surface area contributed by atoms with Gasteiger partial charge in [-0.25, -0.2) is 4.98 Å². The molecule has 0 aliphatic heterocycles. The van der Waals surface area contributed by atoms with Crippen LogP contribution in [-0.2, 0) is 6.61 Å². The highest BCUT2D eigenvalue weighted by atomic mass is 32.1. The minimum atomic E-state index is 0.478. The van der Waals surface area contributed by atoms with Crippen LogP contribution in [0.25, 0.3) is 10.6 Å². The van der Waals surface area contributed by atoms with Crippen molar-refractivity contribution in [1.29, 1.82) is 0 Å². The summed E-state index contributed by atoms with van der Waals surface area (Å²) in [5, 5.41) is 7.25. The van der Waals surface area contributed by atoms with E-state index in [1.807, 2.05) is 30.5 Å². The fraction of sp³-hybridized carbons (Fsp3) is 0.133. The molecule has 20 heavy (non-hydrogen) atoms. The molecule has 1 aromatic carbocycles. The predicted octanol–water partition coefficient (Wildman–Crippen LogP) is 4.34. The number of hydrogen-bond acceptors (Lipinski definition) is 5. The number of thiazole rings is 1. The lowest BCUT2D eigenvalue weighted by atomic mass is 10.2. The van der Waals surface area contributed by atoms with Crippen molar-refractivity contribution in [2.24, 2.45) is 0 Å². The predicted molar refractivity (Wildman–Crippen MR) is 85.4 cm³/mol. The van der Waals surface area contributed by atoms with E-state index in [2.05, 4.69) is 21.8 Å². The Hall–Kier alpha value is -1.85. The van der Waals surface area contributed by atoms with Gasteiger partial charge in [0.2, 0.25) is 0 Å². The SMILES string of the molecule is Cc1cc(N)ccc1OCc1csc(-c2ccsc2)n1. The van der Waals surface area contributed by atoms with E-state index >= 15 is 0 Å². The molecule has 2 aromatic heterocycles. The zero-order chi connectivity index (χ0) is 13.9. The monoisotopic (exact) mass is 302 g/mol. The highest BCUT2D eigenvalue weighted by Gasteiger charge is 2.06. The van der Waals surface area contributed by atoms with Gasteiger partial charge in [0, 0.05) is 22.0 Å². The first-order valence-electron chi connectivity index (χ1n) is 6.18. The number of hydrogen-bond donors (Lipinski definition) is 1. The molecule has 0 unspecified atom stereocenters. The van der Waals surface area contributed by atoms with Gasteiger partial charge in [0.25, 0.3) is 0 Å². The summed E-state index contributed by atoms with van der Waals surface area (Å²) in [7, 11) is 0. The molecule has 102 valence electrons. The van der Waals surface area contributed by atoms with Crippen molar-refractivity contribution >= 4 is 28.4 Å². The lowest BCUT2D eigenvalue weighted by Crippen LogP contribution is -1.98. The first-order valence-corrected chi connectivity index (χ1v) is 8.00. The summed E-state index contributed by atoms with van der Waals surface area (Å²) < 4.78 is 5.80. The number of aryl methyl sites for hydroxylation is 1. The largest absolute Gasteiger partial charge is 0.487 e. The second kappa shape index (κ2) is 5.64. The summed E-state index contributed by atoms with van der Waals surface area (Å²) in [6.45, 7) is 2.47. The molecule has 0 fully saturated rings. The van der Waals surface area contributed by atoms with Crippen molar-refractivity contribution in [2.45, 2.75) is 13.5 Å². The average Bonchev–Trinajstić information content (AvgIpc) is 3.08. The Morgan fingerprint density at radius 1 is 1.25 bits per heavy atom. The first-order chi connectivity index (χ1) is 9.72. The average molecular weight is 302 g/mol. The zero-order valence-corrected chi connectivity index (χ0v) is 12.6. The van der Waals surface area contributed by atoms with Crippen molar-refractivity contribution in [3.8, 4) is 16.3 Å². The van der Waals surface area contributed by atoms with E-state index in [-0.39, 0.29) is 0 Å². The maximum absolute atomic E-state index is 5.80. The summed E-state index contributed by atoms with van der Waals surface area (Å²) in [6.07, 6.45) is 0. The molecule has 0 saturated carbocycles. The molecule has 3 nitrogen and oxygen atoms in total. The fourth-order valence-electron chi connectivity index (χ4n) is 1.88. The van der Waals surface area contributed by atoms with E-state index < -0.39 is 0 Å². The number of rotatable bonds is 4. The summed E-state index contributed by atoms with van der Waals surface area (Å²) in [5.41, 5.74) is 9.65. The van der Waals surface area contributed by atoms with Gasteiger partial charge in [-0.2, -0.15) is 11.3 Å². The van der Waals surface area contributed by atoms with Crippen molar-refractivity contribution in [1.82, 2.24) is 4.98 Å². The van der Waals surface area contributed by atoms with Gasteiger partial charge in [-0.05, 0) is 42.1 Å². The Labute approximate surface area is 125 Å². The van der Waals surface area contributed by atoms with E-state index in [0.717, 1.165) is 27.7 Å².